The minimum Gasteiger partial charge on any atom is -0.394 e. The van der Waals surface area contributed by atoms with Gasteiger partial charge in [-0.3, -0.25) is 4.79 Å². The van der Waals surface area contributed by atoms with Crippen LogP contribution in [-0.4, -0.2) is 48.3 Å². The van der Waals surface area contributed by atoms with E-state index in [0.717, 1.165) is 5.56 Å². The number of hydrogen-bond donors (Lipinski definition) is 1. The molecule has 0 spiro atoms. The Bertz CT molecular complexity index is 478. The smallest absolute Gasteiger partial charge is 0.257 e. The summed E-state index contributed by atoms with van der Waals surface area (Å²) in [5, 5.41) is 9.33. The van der Waals surface area contributed by atoms with Gasteiger partial charge in [0, 0.05) is 13.7 Å². The number of methoxy groups -OCH3 is 1. The van der Waals surface area contributed by atoms with Crippen molar-refractivity contribution in [3.8, 4) is 0 Å². The van der Waals surface area contributed by atoms with Gasteiger partial charge in [0.2, 0.25) is 0 Å². The van der Waals surface area contributed by atoms with Crippen molar-refractivity contribution < 1.29 is 19.0 Å². The Balaban J connectivity index is 2.25. The zero-order valence-electron chi connectivity index (χ0n) is 11.1. The molecule has 1 amide bonds. The average Bonchev–Trinajstić information content (AvgIpc) is 2.84. The third-order valence-electron chi connectivity index (χ3n) is 3.53. The van der Waals surface area contributed by atoms with E-state index in [4.69, 9.17) is 4.74 Å². The third-order valence-corrected chi connectivity index (χ3v) is 3.53. The molecule has 0 saturated carbocycles. The zero-order chi connectivity index (χ0) is 14.0. The van der Waals surface area contributed by atoms with Gasteiger partial charge in [-0.15, -0.1) is 0 Å². The fourth-order valence-electron chi connectivity index (χ4n) is 2.42. The molecule has 5 heteroatoms. The van der Waals surface area contributed by atoms with Gasteiger partial charge in [-0.2, -0.15) is 0 Å². The number of rotatable bonds is 3. The summed E-state index contributed by atoms with van der Waals surface area (Å²) in [7, 11) is 1.57. The number of likely N-dealkylation sites (tertiary alicyclic amines) is 1. The monoisotopic (exact) mass is 267 g/mol. The lowest BCUT2D eigenvalue weighted by atomic mass is 10.1. The summed E-state index contributed by atoms with van der Waals surface area (Å²) in [4.78, 5) is 13.9. The van der Waals surface area contributed by atoms with Crippen LogP contribution in [0.1, 0.15) is 22.3 Å². The van der Waals surface area contributed by atoms with E-state index in [1.807, 2.05) is 6.92 Å². The van der Waals surface area contributed by atoms with Gasteiger partial charge in [-0.25, -0.2) is 4.39 Å². The van der Waals surface area contributed by atoms with Gasteiger partial charge in [0.15, 0.2) is 0 Å². The van der Waals surface area contributed by atoms with E-state index in [1.165, 1.54) is 17.0 Å². The zero-order valence-corrected chi connectivity index (χ0v) is 11.1. The molecule has 0 bridgehead atoms. The second kappa shape index (κ2) is 5.67. The van der Waals surface area contributed by atoms with E-state index in [2.05, 4.69) is 0 Å². The summed E-state index contributed by atoms with van der Waals surface area (Å²) in [6.07, 6.45) is 0.473. The fraction of sp³-hybridized carbons (Fsp3) is 0.500. The van der Waals surface area contributed by atoms with Crippen molar-refractivity contribution in [3.05, 3.63) is 35.1 Å². The van der Waals surface area contributed by atoms with Crippen LogP contribution in [-0.2, 0) is 4.74 Å². The summed E-state index contributed by atoms with van der Waals surface area (Å²) < 4.78 is 19.0. The standard InChI is InChI=1S/C14H18FNO3/c1-9-3-4-13(15)12(5-9)14(18)16-7-11(19-2)6-10(16)8-17/h3-5,10-11,17H,6-8H2,1-2H3/t10-,11-/m0/s1. The molecule has 0 aromatic heterocycles. The van der Waals surface area contributed by atoms with Gasteiger partial charge in [0.25, 0.3) is 5.91 Å². The third kappa shape index (κ3) is 2.77. The second-order valence-corrected chi connectivity index (χ2v) is 4.87. The summed E-state index contributed by atoms with van der Waals surface area (Å²) in [6.45, 7) is 2.05. The topological polar surface area (TPSA) is 49.8 Å². The number of nitrogens with zero attached hydrogens (tertiary/aromatic N) is 1. The van der Waals surface area contributed by atoms with E-state index in [-0.39, 0.29) is 30.2 Å². The lowest BCUT2D eigenvalue weighted by molar-refractivity contribution is 0.0643. The van der Waals surface area contributed by atoms with Gasteiger partial charge in [-0.1, -0.05) is 11.6 Å². The van der Waals surface area contributed by atoms with Crippen molar-refractivity contribution in [2.45, 2.75) is 25.5 Å². The van der Waals surface area contributed by atoms with Crippen LogP contribution in [0, 0.1) is 12.7 Å². The van der Waals surface area contributed by atoms with Crippen molar-refractivity contribution in [3.63, 3.8) is 0 Å². The maximum absolute atomic E-state index is 13.7. The van der Waals surface area contributed by atoms with Gasteiger partial charge >= 0.3 is 0 Å². The predicted octanol–water partition coefficient (Wildman–Crippen LogP) is 1.36. The van der Waals surface area contributed by atoms with E-state index >= 15 is 0 Å². The molecule has 1 aliphatic rings. The molecule has 1 saturated heterocycles. The van der Waals surface area contributed by atoms with Crippen molar-refractivity contribution >= 4 is 5.91 Å². The van der Waals surface area contributed by atoms with Crippen LogP contribution < -0.4 is 0 Å². The Labute approximate surface area is 111 Å². The first-order valence-corrected chi connectivity index (χ1v) is 6.27. The number of aryl methyl sites for hydroxylation is 1. The molecule has 1 fully saturated rings. The molecule has 19 heavy (non-hydrogen) atoms. The number of hydrogen-bond acceptors (Lipinski definition) is 3. The number of amides is 1. The Morgan fingerprint density at radius 2 is 2.32 bits per heavy atom. The molecule has 1 heterocycles. The lowest BCUT2D eigenvalue weighted by Crippen LogP contribution is -2.38. The molecule has 1 aromatic rings. The number of aliphatic hydroxyl groups excluding tert-OH is 1. The fourth-order valence-corrected chi connectivity index (χ4v) is 2.42. The summed E-state index contributed by atoms with van der Waals surface area (Å²) in [5.74, 6) is -0.923. The molecule has 0 radical (unpaired) electrons. The van der Waals surface area contributed by atoms with Crippen molar-refractivity contribution in [2.75, 3.05) is 20.3 Å². The normalized spacial score (nSPS) is 22.8. The van der Waals surface area contributed by atoms with E-state index in [0.29, 0.717) is 13.0 Å². The highest BCUT2D eigenvalue weighted by Crippen LogP contribution is 2.23. The Kier molecular flexibility index (Phi) is 4.17. The van der Waals surface area contributed by atoms with Gasteiger partial charge in [0.1, 0.15) is 5.82 Å². The molecule has 104 valence electrons. The van der Waals surface area contributed by atoms with Crippen LogP contribution in [0.25, 0.3) is 0 Å². The molecule has 0 aliphatic carbocycles. The molecule has 4 nitrogen and oxygen atoms in total. The predicted molar refractivity (Wildman–Crippen MR) is 68.5 cm³/mol. The highest BCUT2D eigenvalue weighted by molar-refractivity contribution is 5.95. The van der Waals surface area contributed by atoms with Crippen LogP contribution >= 0.6 is 0 Å². The highest BCUT2D eigenvalue weighted by Gasteiger charge is 2.36. The van der Waals surface area contributed by atoms with Crippen LogP contribution in [0.4, 0.5) is 4.39 Å². The molecular formula is C14H18FNO3. The van der Waals surface area contributed by atoms with Gasteiger partial charge in [0.05, 0.1) is 24.3 Å². The van der Waals surface area contributed by atoms with E-state index in [9.17, 15) is 14.3 Å². The van der Waals surface area contributed by atoms with Crippen LogP contribution in [0.5, 0.6) is 0 Å². The number of benzene rings is 1. The summed E-state index contributed by atoms with van der Waals surface area (Å²) >= 11 is 0. The Morgan fingerprint density at radius 3 is 2.95 bits per heavy atom. The minimum atomic E-state index is -0.534. The first kappa shape index (κ1) is 14.0. The largest absolute Gasteiger partial charge is 0.394 e. The number of halogens is 1. The molecule has 1 aliphatic heterocycles. The number of carbonyl (C=O) groups is 1. The molecule has 1 aromatic carbocycles. The molecule has 2 rings (SSSR count). The van der Waals surface area contributed by atoms with Crippen LogP contribution in [0.3, 0.4) is 0 Å². The quantitative estimate of drug-likeness (QED) is 0.899. The lowest BCUT2D eigenvalue weighted by Gasteiger charge is -2.23. The van der Waals surface area contributed by atoms with Gasteiger partial charge < -0.3 is 14.7 Å². The first-order valence-electron chi connectivity index (χ1n) is 6.27. The SMILES string of the molecule is CO[C@H]1C[C@@H](CO)N(C(=O)c2cc(C)ccc2F)C1. The van der Waals surface area contributed by atoms with Crippen molar-refractivity contribution in [2.24, 2.45) is 0 Å². The number of carbonyl (C=O) groups excluding carboxylic acids is 1. The van der Waals surface area contributed by atoms with Gasteiger partial charge in [-0.05, 0) is 25.5 Å². The maximum Gasteiger partial charge on any atom is 0.257 e. The summed E-state index contributed by atoms with van der Waals surface area (Å²) in [6, 6.07) is 4.14. The van der Waals surface area contributed by atoms with Crippen LogP contribution in [0.2, 0.25) is 0 Å². The number of aliphatic hydroxyl groups is 1. The minimum absolute atomic E-state index is 0.0511. The average molecular weight is 267 g/mol. The van der Waals surface area contributed by atoms with Crippen molar-refractivity contribution in [1.82, 2.24) is 4.90 Å². The Hall–Kier alpha value is -1.46. The molecule has 1 N–H and O–H groups in total. The molecule has 0 unspecified atom stereocenters. The molecule has 2 atom stereocenters. The highest BCUT2D eigenvalue weighted by atomic mass is 19.1. The first-order chi connectivity index (χ1) is 9.06. The van der Waals surface area contributed by atoms with E-state index < -0.39 is 5.82 Å². The van der Waals surface area contributed by atoms with Crippen molar-refractivity contribution in [1.29, 1.82) is 0 Å². The second-order valence-electron chi connectivity index (χ2n) is 4.87. The maximum atomic E-state index is 13.7. The van der Waals surface area contributed by atoms with E-state index in [1.54, 1.807) is 13.2 Å². The molecular weight excluding hydrogens is 249 g/mol. The number of ether oxygens (including phenoxy) is 1. The van der Waals surface area contributed by atoms with Crippen LogP contribution in [0.15, 0.2) is 18.2 Å². The Morgan fingerprint density at radius 1 is 1.58 bits per heavy atom. The summed E-state index contributed by atoms with van der Waals surface area (Å²) in [5.41, 5.74) is 0.878.